The Morgan fingerprint density at radius 2 is 2.03 bits per heavy atom. The van der Waals surface area contributed by atoms with Crippen LogP contribution in [-0.4, -0.2) is 30.5 Å². The van der Waals surface area contributed by atoms with E-state index in [2.05, 4.69) is 20.6 Å². The SMILES string of the molecule is Cc1cccc(-c2n[nH]c(=S)n2CCC(=O)Nc2cccc(Cn3cccn3)c2)c1. The highest BCUT2D eigenvalue weighted by Crippen LogP contribution is 2.19. The summed E-state index contributed by atoms with van der Waals surface area (Å²) >= 11 is 5.36. The summed E-state index contributed by atoms with van der Waals surface area (Å²) in [7, 11) is 0. The lowest BCUT2D eigenvalue weighted by molar-refractivity contribution is -0.116. The Bertz CT molecular complexity index is 1210. The Morgan fingerprint density at radius 3 is 2.83 bits per heavy atom. The summed E-state index contributed by atoms with van der Waals surface area (Å²) in [6, 6.07) is 17.7. The van der Waals surface area contributed by atoms with Gasteiger partial charge in [0.2, 0.25) is 5.91 Å². The molecule has 0 aliphatic carbocycles. The van der Waals surface area contributed by atoms with Crippen LogP contribution in [0.3, 0.4) is 0 Å². The second kappa shape index (κ2) is 8.87. The van der Waals surface area contributed by atoms with Crippen molar-refractivity contribution in [3.05, 3.63) is 82.9 Å². The van der Waals surface area contributed by atoms with Crippen LogP contribution in [0, 0.1) is 11.7 Å². The van der Waals surface area contributed by atoms with Crippen molar-refractivity contribution in [3.8, 4) is 11.4 Å². The topological polar surface area (TPSA) is 80.5 Å². The number of rotatable bonds is 7. The molecule has 0 bridgehead atoms. The molecule has 0 saturated heterocycles. The third-order valence-corrected chi connectivity index (χ3v) is 5.02. The minimum Gasteiger partial charge on any atom is -0.326 e. The van der Waals surface area contributed by atoms with Crippen LogP contribution in [-0.2, 0) is 17.9 Å². The molecule has 0 radical (unpaired) electrons. The van der Waals surface area contributed by atoms with Crippen molar-refractivity contribution in [2.75, 3.05) is 5.32 Å². The van der Waals surface area contributed by atoms with Crippen molar-refractivity contribution in [1.29, 1.82) is 0 Å². The molecule has 0 aliphatic heterocycles. The number of H-pyrrole nitrogens is 1. The average molecular weight is 419 g/mol. The molecule has 2 heterocycles. The Hall–Kier alpha value is -3.52. The zero-order valence-electron chi connectivity index (χ0n) is 16.6. The Kier molecular flexibility index (Phi) is 5.85. The van der Waals surface area contributed by atoms with Gasteiger partial charge in [0.25, 0.3) is 0 Å². The van der Waals surface area contributed by atoms with Crippen LogP contribution in [0.4, 0.5) is 5.69 Å². The number of aromatic amines is 1. The van der Waals surface area contributed by atoms with Gasteiger partial charge in [0.15, 0.2) is 10.6 Å². The number of aryl methyl sites for hydroxylation is 1. The quantitative estimate of drug-likeness (QED) is 0.441. The molecule has 0 aliphatic rings. The third kappa shape index (κ3) is 4.72. The van der Waals surface area contributed by atoms with E-state index in [9.17, 15) is 4.79 Å². The summed E-state index contributed by atoms with van der Waals surface area (Å²) in [4.78, 5) is 12.5. The summed E-state index contributed by atoms with van der Waals surface area (Å²) in [6.45, 7) is 3.13. The van der Waals surface area contributed by atoms with Gasteiger partial charge in [0, 0.05) is 36.6 Å². The molecule has 7 nitrogen and oxygen atoms in total. The Balaban J connectivity index is 1.41. The molecule has 0 unspecified atom stereocenters. The zero-order valence-corrected chi connectivity index (χ0v) is 17.4. The minimum absolute atomic E-state index is 0.0791. The van der Waals surface area contributed by atoms with E-state index in [1.807, 2.05) is 77.0 Å². The number of carbonyl (C=O) groups excluding carboxylic acids is 1. The highest BCUT2D eigenvalue weighted by molar-refractivity contribution is 7.71. The second-order valence-corrected chi connectivity index (χ2v) is 7.46. The lowest BCUT2D eigenvalue weighted by Crippen LogP contribution is -2.15. The summed E-state index contributed by atoms with van der Waals surface area (Å²) in [5.74, 6) is 0.655. The molecule has 1 amide bonds. The predicted molar refractivity (Wildman–Crippen MR) is 119 cm³/mol. The van der Waals surface area contributed by atoms with E-state index in [0.717, 1.165) is 28.2 Å². The monoisotopic (exact) mass is 418 g/mol. The van der Waals surface area contributed by atoms with Crippen LogP contribution in [0.5, 0.6) is 0 Å². The van der Waals surface area contributed by atoms with Gasteiger partial charge < -0.3 is 5.32 Å². The molecule has 0 saturated carbocycles. The lowest BCUT2D eigenvalue weighted by atomic mass is 10.1. The van der Waals surface area contributed by atoms with Crippen LogP contribution in [0.25, 0.3) is 11.4 Å². The van der Waals surface area contributed by atoms with Gasteiger partial charge in [0.1, 0.15) is 0 Å². The van der Waals surface area contributed by atoms with Crippen LogP contribution >= 0.6 is 12.2 Å². The molecule has 8 heteroatoms. The van der Waals surface area contributed by atoms with Gasteiger partial charge >= 0.3 is 0 Å². The highest BCUT2D eigenvalue weighted by Gasteiger charge is 2.11. The van der Waals surface area contributed by atoms with Crippen LogP contribution in [0.1, 0.15) is 17.5 Å². The lowest BCUT2D eigenvalue weighted by Gasteiger charge is -2.10. The predicted octanol–water partition coefficient (Wildman–Crippen LogP) is 4.19. The van der Waals surface area contributed by atoms with E-state index >= 15 is 0 Å². The van der Waals surface area contributed by atoms with Gasteiger partial charge in [-0.25, -0.2) is 0 Å². The summed E-state index contributed by atoms with van der Waals surface area (Å²) in [5, 5.41) is 14.4. The standard InChI is InChI=1S/C22H22N6OS/c1-16-5-2-7-18(13-16)21-25-26-22(30)28(21)12-9-20(29)24-19-8-3-6-17(14-19)15-27-11-4-10-23-27/h2-8,10-11,13-14H,9,12,15H2,1H3,(H,24,29)(H,26,30). The van der Waals surface area contributed by atoms with E-state index in [1.165, 1.54) is 0 Å². The Morgan fingerprint density at radius 1 is 1.17 bits per heavy atom. The van der Waals surface area contributed by atoms with Crippen LogP contribution in [0.15, 0.2) is 67.0 Å². The maximum absolute atomic E-state index is 12.5. The molecular formula is C22H22N6OS. The van der Waals surface area contributed by atoms with Crippen molar-refractivity contribution in [3.63, 3.8) is 0 Å². The number of hydrogen-bond donors (Lipinski definition) is 2. The van der Waals surface area contributed by atoms with E-state index in [-0.39, 0.29) is 12.3 Å². The van der Waals surface area contributed by atoms with Gasteiger partial charge in [-0.15, -0.1) is 0 Å². The zero-order chi connectivity index (χ0) is 20.9. The first kappa shape index (κ1) is 19.8. The number of carbonyl (C=O) groups is 1. The minimum atomic E-state index is -0.0791. The number of anilines is 1. The molecule has 152 valence electrons. The van der Waals surface area contributed by atoms with E-state index in [1.54, 1.807) is 6.20 Å². The van der Waals surface area contributed by atoms with Gasteiger partial charge in [-0.3, -0.25) is 19.1 Å². The Labute approximate surface area is 179 Å². The fraction of sp³-hybridized carbons (Fsp3) is 0.182. The molecular weight excluding hydrogens is 396 g/mol. The third-order valence-electron chi connectivity index (χ3n) is 4.71. The van der Waals surface area contributed by atoms with Crippen LogP contribution < -0.4 is 5.32 Å². The number of nitrogens with zero attached hydrogens (tertiary/aromatic N) is 4. The smallest absolute Gasteiger partial charge is 0.226 e. The first-order valence-corrected chi connectivity index (χ1v) is 10.1. The van der Waals surface area contributed by atoms with Crippen LogP contribution in [0.2, 0.25) is 0 Å². The molecule has 2 N–H and O–H groups in total. The van der Waals surface area contributed by atoms with E-state index in [0.29, 0.717) is 17.9 Å². The summed E-state index contributed by atoms with van der Waals surface area (Å²) in [5.41, 5.74) is 3.93. The molecule has 0 atom stereocenters. The maximum atomic E-state index is 12.5. The number of hydrogen-bond acceptors (Lipinski definition) is 4. The van der Waals surface area contributed by atoms with Crippen molar-refractivity contribution in [1.82, 2.24) is 24.5 Å². The molecule has 0 fully saturated rings. The number of aromatic nitrogens is 5. The maximum Gasteiger partial charge on any atom is 0.226 e. The molecule has 4 aromatic rings. The van der Waals surface area contributed by atoms with Gasteiger partial charge in [-0.1, -0.05) is 35.9 Å². The van der Waals surface area contributed by atoms with Crippen molar-refractivity contribution in [2.24, 2.45) is 0 Å². The highest BCUT2D eigenvalue weighted by atomic mass is 32.1. The largest absolute Gasteiger partial charge is 0.326 e. The van der Waals surface area contributed by atoms with E-state index in [4.69, 9.17) is 12.2 Å². The fourth-order valence-electron chi connectivity index (χ4n) is 3.29. The normalized spacial score (nSPS) is 10.8. The summed E-state index contributed by atoms with van der Waals surface area (Å²) < 4.78 is 4.20. The molecule has 2 aromatic carbocycles. The molecule has 2 aromatic heterocycles. The van der Waals surface area contributed by atoms with Gasteiger partial charge in [-0.05, 0) is 49.0 Å². The average Bonchev–Trinajstić information content (AvgIpc) is 3.36. The summed E-state index contributed by atoms with van der Waals surface area (Å²) in [6.07, 6.45) is 3.94. The van der Waals surface area contributed by atoms with Crippen molar-refractivity contribution >= 4 is 23.8 Å². The number of benzene rings is 2. The van der Waals surface area contributed by atoms with Crippen molar-refractivity contribution in [2.45, 2.75) is 26.4 Å². The molecule has 0 spiro atoms. The second-order valence-electron chi connectivity index (χ2n) is 7.08. The number of amides is 1. The van der Waals surface area contributed by atoms with Gasteiger partial charge in [0.05, 0.1) is 6.54 Å². The first-order valence-electron chi connectivity index (χ1n) is 9.67. The first-order chi connectivity index (χ1) is 14.6. The van der Waals surface area contributed by atoms with E-state index < -0.39 is 0 Å². The van der Waals surface area contributed by atoms with Gasteiger partial charge in [-0.2, -0.15) is 10.2 Å². The molecule has 30 heavy (non-hydrogen) atoms. The molecule has 4 rings (SSSR count). The number of nitrogens with one attached hydrogen (secondary N) is 2. The fourth-order valence-corrected chi connectivity index (χ4v) is 3.52. The van der Waals surface area contributed by atoms with Crippen molar-refractivity contribution < 1.29 is 4.79 Å².